The predicted molar refractivity (Wildman–Crippen MR) is 80.0 cm³/mol. The highest BCUT2D eigenvalue weighted by Crippen LogP contribution is 2.13. The molecule has 0 fully saturated rings. The van der Waals surface area contributed by atoms with Gasteiger partial charge in [0.25, 0.3) is 0 Å². The smallest absolute Gasteiger partial charge is 0.0940 e. The molecule has 1 rings (SSSR count). The van der Waals surface area contributed by atoms with Gasteiger partial charge in [-0.25, -0.2) is 4.98 Å². The molecular weight excluding hydrogens is 242 g/mol. The van der Waals surface area contributed by atoms with Crippen LogP contribution in [0.15, 0.2) is 5.38 Å². The van der Waals surface area contributed by atoms with Crippen molar-refractivity contribution in [3.63, 3.8) is 0 Å². The van der Waals surface area contributed by atoms with Crippen LogP contribution in [0.5, 0.6) is 0 Å². The predicted octanol–water partition coefficient (Wildman–Crippen LogP) is 2.59. The molecule has 0 aliphatic carbocycles. The first kappa shape index (κ1) is 15.6. The monoisotopic (exact) mass is 269 g/mol. The molecule has 1 aromatic heterocycles. The van der Waals surface area contributed by atoms with E-state index in [4.69, 9.17) is 5.73 Å². The summed E-state index contributed by atoms with van der Waals surface area (Å²) in [5.74, 6) is 1.41. The first-order valence-electron chi connectivity index (χ1n) is 6.93. The number of aromatic nitrogens is 1. The largest absolute Gasteiger partial charge is 0.330 e. The Labute approximate surface area is 115 Å². The maximum atomic E-state index is 5.79. The maximum Gasteiger partial charge on any atom is 0.0940 e. The van der Waals surface area contributed by atoms with E-state index in [1.165, 1.54) is 17.8 Å². The van der Waals surface area contributed by atoms with Crippen LogP contribution < -0.4 is 11.1 Å². The highest BCUT2D eigenvalue weighted by molar-refractivity contribution is 7.09. The summed E-state index contributed by atoms with van der Waals surface area (Å²) in [6.07, 6.45) is 3.46. The van der Waals surface area contributed by atoms with Crippen molar-refractivity contribution in [2.75, 3.05) is 19.6 Å². The number of nitrogens with two attached hydrogens (primary N) is 1. The molecule has 1 aromatic rings. The molecule has 0 saturated heterocycles. The van der Waals surface area contributed by atoms with Crippen LogP contribution in [0.3, 0.4) is 0 Å². The van der Waals surface area contributed by atoms with Crippen molar-refractivity contribution in [2.24, 2.45) is 17.6 Å². The van der Waals surface area contributed by atoms with Crippen LogP contribution in [0.1, 0.15) is 37.4 Å². The van der Waals surface area contributed by atoms with Gasteiger partial charge >= 0.3 is 0 Å². The van der Waals surface area contributed by atoms with Crippen molar-refractivity contribution >= 4 is 11.3 Å². The SMILES string of the molecule is Cc1csc(CCNCCC(CN)CC(C)C)n1. The van der Waals surface area contributed by atoms with Crippen LogP contribution >= 0.6 is 11.3 Å². The maximum absolute atomic E-state index is 5.79. The second-order valence-electron chi connectivity index (χ2n) is 5.40. The molecule has 0 aliphatic heterocycles. The number of aryl methyl sites for hydroxylation is 1. The van der Waals surface area contributed by atoms with Crippen LogP contribution in [-0.4, -0.2) is 24.6 Å². The van der Waals surface area contributed by atoms with E-state index in [0.29, 0.717) is 5.92 Å². The fourth-order valence-electron chi connectivity index (χ4n) is 2.14. The topological polar surface area (TPSA) is 50.9 Å². The van der Waals surface area contributed by atoms with Crippen LogP contribution in [0, 0.1) is 18.8 Å². The zero-order chi connectivity index (χ0) is 13.4. The number of hydrogen-bond donors (Lipinski definition) is 2. The van der Waals surface area contributed by atoms with Crippen molar-refractivity contribution < 1.29 is 0 Å². The lowest BCUT2D eigenvalue weighted by molar-refractivity contribution is 0.386. The second kappa shape index (κ2) is 8.62. The van der Waals surface area contributed by atoms with E-state index < -0.39 is 0 Å². The van der Waals surface area contributed by atoms with E-state index in [1.54, 1.807) is 11.3 Å². The van der Waals surface area contributed by atoms with Gasteiger partial charge in [0.1, 0.15) is 0 Å². The van der Waals surface area contributed by atoms with E-state index in [1.807, 2.05) is 6.92 Å². The third-order valence-corrected chi connectivity index (χ3v) is 4.08. The number of nitrogens with one attached hydrogen (secondary N) is 1. The third kappa shape index (κ3) is 6.47. The molecule has 4 heteroatoms. The van der Waals surface area contributed by atoms with E-state index in [0.717, 1.165) is 37.7 Å². The molecule has 0 aromatic carbocycles. The molecule has 0 aliphatic rings. The standard InChI is InChI=1S/C14H27N3S/c1-11(2)8-13(9-15)4-6-16-7-5-14-17-12(3)10-18-14/h10-11,13,16H,4-9,15H2,1-3H3. The summed E-state index contributed by atoms with van der Waals surface area (Å²) in [6.45, 7) is 9.48. The zero-order valence-electron chi connectivity index (χ0n) is 11.9. The van der Waals surface area contributed by atoms with Crippen molar-refractivity contribution in [3.05, 3.63) is 16.1 Å². The molecule has 104 valence electrons. The van der Waals surface area contributed by atoms with E-state index in [-0.39, 0.29) is 0 Å². The molecule has 0 radical (unpaired) electrons. The normalized spacial score (nSPS) is 13.2. The van der Waals surface area contributed by atoms with Gasteiger partial charge in [0.2, 0.25) is 0 Å². The van der Waals surface area contributed by atoms with Crippen molar-refractivity contribution in [1.29, 1.82) is 0 Å². The van der Waals surface area contributed by atoms with E-state index in [2.05, 4.69) is 29.5 Å². The van der Waals surface area contributed by atoms with Gasteiger partial charge in [-0.3, -0.25) is 0 Å². The first-order valence-corrected chi connectivity index (χ1v) is 7.81. The minimum Gasteiger partial charge on any atom is -0.330 e. The zero-order valence-corrected chi connectivity index (χ0v) is 12.7. The summed E-state index contributed by atoms with van der Waals surface area (Å²) >= 11 is 1.76. The summed E-state index contributed by atoms with van der Waals surface area (Å²) in [5, 5.41) is 6.84. The van der Waals surface area contributed by atoms with E-state index >= 15 is 0 Å². The summed E-state index contributed by atoms with van der Waals surface area (Å²) in [5.41, 5.74) is 6.93. The quantitative estimate of drug-likeness (QED) is 0.678. The fraction of sp³-hybridized carbons (Fsp3) is 0.786. The summed E-state index contributed by atoms with van der Waals surface area (Å²) in [4.78, 5) is 4.46. The lowest BCUT2D eigenvalue weighted by Gasteiger charge is -2.17. The van der Waals surface area contributed by atoms with Gasteiger partial charge in [0, 0.05) is 24.0 Å². The van der Waals surface area contributed by atoms with Crippen molar-refractivity contribution in [1.82, 2.24) is 10.3 Å². The van der Waals surface area contributed by atoms with Crippen LogP contribution in [0.2, 0.25) is 0 Å². The fourth-order valence-corrected chi connectivity index (χ4v) is 2.92. The van der Waals surface area contributed by atoms with Gasteiger partial charge in [-0.15, -0.1) is 11.3 Å². The second-order valence-corrected chi connectivity index (χ2v) is 6.35. The van der Waals surface area contributed by atoms with Crippen molar-refractivity contribution in [3.8, 4) is 0 Å². The average Bonchev–Trinajstić information content (AvgIpc) is 2.72. The highest BCUT2D eigenvalue weighted by Gasteiger charge is 2.08. The Morgan fingerprint density at radius 1 is 1.39 bits per heavy atom. The third-order valence-electron chi connectivity index (χ3n) is 3.05. The molecule has 3 nitrogen and oxygen atoms in total. The van der Waals surface area contributed by atoms with Crippen LogP contribution in [0.25, 0.3) is 0 Å². The van der Waals surface area contributed by atoms with Gasteiger partial charge in [-0.05, 0) is 44.7 Å². The Balaban J connectivity index is 2.07. The van der Waals surface area contributed by atoms with Crippen molar-refractivity contribution in [2.45, 2.75) is 40.0 Å². The van der Waals surface area contributed by atoms with E-state index in [9.17, 15) is 0 Å². The molecule has 1 heterocycles. The summed E-state index contributed by atoms with van der Waals surface area (Å²) in [7, 11) is 0. The number of hydrogen-bond acceptors (Lipinski definition) is 4. The Hall–Kier alpha value is -0.450. The van der Waals surface area contributed by atoms with Crippen LogP contribution in [0.4, 0.5) is 0 Å². The highest BCUT2D eigenvalue weighted by atomic mass is 32.1. The average molecular weight is 269 g/mol. The molecule has 0 spiro atoms. The first-order chi connectivity index (χ1) is 8.61. The number of nitrogens with zero attached hydrogens (tertiary/aromatic N) is 1. The molecule has 18 heavy (non-hydrogen) atoms. The Morgan fingerprint density at radius 2 is 2.17 bits per heavy atom. The minimum atomic E-state index is 0.666. The molecule has 0 amide bonds. The summed E-state index contributed by atoms with van der Waals surface area (Å²) in [6, 6.07) is 0. The Bertz CT molecular complexity index is 323. The minimum absolute atomic E-state index is 0.666. The lowest BCUT2D eigenvalue weighted by atomic mass is 9.94. The molecule has 0 saturated carbocycles. The number of thiazole rings is 1. The molecular formula is C14H27N3S. The Morgan fingerprint density at radius 3 is 2.72 bits per heavy atom. The van der Waals surface area contributed by atoms with Gasteiger partial charge in [0.15, 0.2) is 0 Å². The number of rotatable bonds is 9. The summed E-state index contributed by atoms with van der Waals surface area (Å²) < 4.78 is 0. The molecule has 1 unspecified atom stereocenters. The van der Waals surface area contributed by atoms with Gasteiger partial charge in [0.05, 0.1) is 5.01 Å². The Kier molecular flexibility index (Phi) is 7.47. The molecule has 3 N–H and O–H groups in total. The van der Waals surface area contributed by atoms with Gasteiger partial charge in [-0.1, -0.05) is 13.8 Å². The lowest BCUT2D eigenvalue weighted by Crippen LogP contribution is -2.24. The van der Waals surface area contributed by atoms with Gasteiger partial charge < -0.3 is 11.1 Å². The van der Waals surface area contributed by atoms with Crippen LogP contribution in [-0.2, 0) is 6.42 Å². The molecule has 0 bridgehead atoms. The molecule has 1 atom stereocenters. The van der Waals surface area contributed by atoms with Gasteiger partial charge in [-0.2, -0.15) is 0 Å².